The molecule has 4 nitrogen and oxygen atoms in total. The third-order valence-corrected chi connectivity index (χ3v) is 4.57. The summed E-state index contributed by atoms with van der Waals surface area (Å²) in [5.74, 6) is -0.504. The molecule has 0 fully saturated rings. The standard InChI is InChI=1S/C16H17NO3S/c1-20-17-15(18)12-21(19)16(13-8-4-2-5-9-13)14-10-6-3-7-11-14/h2-11,16H,12H2,1H3,(H,17,18). The predicted octanol–water partition coefficient (Wildman–Crippen LogP) is 2.20. The zero-order chi connectivity index (χ0) is 15.1. The molecule has 2 rings (SSSR count). The summed E-state index contributed by atoms with van der Waals surface area (Å²) in [6.45, 7) is 0. The van der Waals surface area contributed by atoms with Crippen LogP contribution in [-0.4, -0.2) is 23.0 Å². The fourth-order valence-corrected chi connectivity index (χ4v) is 3.51. The van der Waals surface area contributed by atoms with E-state index >= 15 is 0 Å². The molecule has 0 heterocycles. The number of hydrogen-bond acceptors (Lipinski definition) is 3. The van der Waals surface area contributed by atoms with Crippen molar-refractivity contribution < 1.29 is 13.8 Å². The van der Waals surface area contributed by atoms with Crippen LogP contribution >= 0.6 is 0 Å². The number of hydrogen-bond donors (Lipinski definition) is 1. The molecule has 1 unspecified atom stereocenters. The van der Waals surface area contributed by atoms with Gasteiger partial charge >= 0.3 is 0 Å². The normalized spacial score (nSPS) is 12.1. The van der Waals surface area contributed by atoms with Crippen molar-refractivity contribution in [1.29, 1.82) is 0 Å². The zero-order valence-corrected chi connectivity index (χ0v) is 12.5. The van der Waals surface area contributed by atoms with Crippen LogP contribution in [0.15, 0.2) is 60.7 Å². The molecule has 1 amide bonds. The highest BCUT2D eigenvalue weighted by molar-refractivity contribution is 7.86. The number of carbonyl (C=O) groups excluding carboxylic acids is 1. The van der Waals surface area contributed by atoms with Gasteiger partial charge in [-0.25, -0.2) is 5.48 Å². The third-order valence-electron chi connectivity index (χ3n) is 2.96. The summed E-state index contributed by atoms with van der Waals surface area (Å²) >= 11 is 0. The van der Waals surface area contributed by atoms with E-state index in [-0.39, 0.29) is 11.0 Å². The first kappa shape index (κ1) is 15.4. The third kappa shape index (κ3) is 4.24. The van der Waals surface area contributed by atoms with Gasteiger partial charge < -0.3 is 0 Å². The quantitative estimate of drug-likeness (QED) is 0.832. The smallest absolute Gasteiger partial charge is 0.256 e. The molecule has 0 saturated carbocycles. The minimum Gasteiger partial charge on any atom is -0.277 e. The molecule has 1 atom stereocenters. The Bertz CT molecular complexity index is 562. The number of hydroxylamine groups is 1. The van der Waals surface area contributed by atoms with E-state index in [0.29, 0.717) is 0 Å². The summed E-state index contributed by atoms with van der Waals surface area (Å²) in [6.07, 6.45) is 0. The molecular weight excluding hydrogens is 286 g/mol. The number of amides is 1. The second kappa shape index (κ2) is 7.71. The van der Waals surface area contributed by atoms with Gasteiger partial charge in [0.2, 0.25) is 0 Å². The van der Waals surface area contributed by atoms with Gasteiger partial charge in [0.05, 0.1) is 12.4 Å². The van der Waals surface area contributed by atoms with E-state index in [1.165, 1.54) is 7.11 Å². The molecule has 2 aromatic carbocycles. The molecule has 0 aromatic heterocycles. The van der Waals surface area contributed by atoms with Crippen molar-refractivity contribution >= 4 is 16.7 Å². The molecule has 110 valence electrons. The van der Waals surface area contributed by atoms with Crippen molar-refractivity contribution in [3.8, 4) is 0 Å². The van der Waals surface area contributed by atoms with Crippen molar-refractivity contribution in [2.75, 3.05) is 12.9 Å². The maximum Gasteiger partial charge on any atom is 0.256 e. The van der Waals surface area contributed by atoms with Crippen LogP contribution in [0.5, 0.6) is 0 Å². The lowest BCUT2D eigenvalue weighted by Crippen LogP contribution is -2.29. The number of nitrogens with one attached hydrogen (secondary N) is 1. The van der Waals surface area contributed by atoms with Crippen molar-refractivity contribution in [2.24, 2.45) is 0 Å². The predicted molar refractivity (Wildman–Crippen MR) is 82.9 cm³/mol. The summed E-state index contributed by atoms with van der Waals surface area (Å²) in [5.41, 5.74) is 4.05. The Morgan fingerprint density at radius 2 is 1.52 bits per heavy atom. The molecule has 0 aliphatic heterocycles. The molecule has 5 heteroatoms. The summed E-state index contributed by atoms with van der Waals surface area (Å²) in [4.78, 5) is 16.2. The Labute approximate surface area is 126 Å². The first-order valence-corrected chi connectivity index (χ1v) is 7.89. The summed E-state index contributed by atoms with van der Waals surface area (Å²) < 4.78 is 12.6. The SMILES string of the molecule is CONC(=O)CS(=O)C(c1ccccc1)c1ccccc1. The van der Waals surface area contributed by atoms with Gasteiger partial charge in [0.1, 0.15) is 5.75 Å². The highest BCUT2D eigenvalue weighted by Gasteiger charge is 2.23. The molecule has 0 aliphatic rings. The van der Waals surface area contributed by atoms with Gasteiger partial charge in [-0.2, -0.15) is 0 Å². The van der Waals surface area contributed by atoms with E-state index in [1.807, 2.05) is 60.7 Å². The van der Waals surface area contributed by atoms with Crippen LogP contribution in [0.4, 0.5) is 0 Å². The summed E-state index contributed by atoms with van der Waals surface area (Å²) in [6, 6.07) is 19.1. The van der Waals surface area contributed by atoms with E-state index in [1.54, 1.807) is 0 Å². The minimum atomic E-state index is -1.38. The van der Waals surface area contributed by atoms with Crippen LogP contribution in [0.1, 0.15) is 16.4 Å². The molecule has 0 radical (unpaired) electrons. The fraction of sp³-hybridized carbons (Fsp3) is 0.188. The number of rotatable bonds is 6. The topological polar surface area (TPSA) is 55.4 Å². The average molecular weight is 303 g/mol. The maximum absolute atomic E-state index is 12.6. The Kier molecular flexibility index (Phi) is 5.66. The molecule has 1 N–H and O–H groups in total. The van der Waals surface area contributed by atoms with E-state index in [0.717, 1.165) is 11.1 Å². The lowest BCUT2D eigenvalue weighted by molar-refractivity contribution is -0.128. The largest absolute Gasteiger partial charge is 0.277 e. The fourth-order valence-electron chi connectivity index (χ4n) is 2.11. The lowest BCUT2D eigenvalue weighted by atomic mass is 10.0. The molecule has 21 heavy (non-hydrogen) atoms. The monoisotopic (exact) mass is 303 g/mol. The zero-order valence-electron chi connectivity index (χ0n) is 11.7. The van der Waals surface area contributed by atoms with Gasteiger partial charge in [0.25, 0.3) is 5.91 Å². The van der Waals surface area contributed by atoms with Gasteiger partial charge in [0, 0.05) is 10.8 Å². The van der Waals surface area contributed by atoms with E-state index in [2.05, 4.69) is 10.3 Å². The van der Waals surface area contributed by atoms with Crippen molar-refractivity contribution in [3.63, 3.8) is 0 Å². The van der Waals surface area contributed by atoms with Crippen LogP contribution in [-0.2, 0) is 20.4 Å². The van der Waals surface area contributed by atoms with Crippen molar-refractivity contribution in [2.45, 2.75) is 5.25 Å². The maximum atomic E-state index is 12.6. The Balaban J connectivity index is 2.29. The molecular formula is C16H17NO3S. The van der Waals surface area contributed by atoms with Crippen LogP contribution in [0, 0.1) is 0 Å². The molecule has 0 saturated heterocycles. The highest BCUT2D eigenvalue weighted by atomic mass is 32.2. The second-order valence-electron chi connectivity index (χ2n) is 4.46. The van der Waals surface area contributed by atoms with Crippen molar-refractivity contribution in [3.05, 3.63) is 71.8 Å². The van der Waals surface area contributed by atoms with Gasteiger partial charge in [-0.15, -0.1) is 0 Å². The number of benzene rings is 2. The van der Waals surface area contributed by atoms with Gasteiger partial charge in [-0.3, -0.25) is 13.8 Å². The van der Waals surface area contributed by atoms with Crippen LogP contribution in [0.3, 0.4) is 0 Å². The molecule has 0 spiro atoms. The first-order valence-electron chi connectivity index (χ1n) is 6.51. The minimum absolute atomic E-state index is 0.109. The second-order valence-corrected chi connectivity index (χ2v) is 5.98. The van der Waals surface area contributed by atoms with Gasteiger partial charge in [0.15, 0.2) is 0 Å². The Morgan fingerprint density at radius 3 is 1.95 bits per heavy atom. The van der Waals surface area contributed by atoms with E-state index in [9.17, 15) is 9.00 Å². The van der Waals surface area contributed by atoms with Crippen LogP contribution in [0.25, 0.3) is 0 Å². The summed E-state index contributed by atoms with van der Waals surface area (Å²) in [7, 11) is -0.0295. The number of carbonyl (C=O) groups is 1. The van der Waals surface area contributed by atoms with E-state index < -0.39 is 16.7 Å². The van der Waals surface area contributed by atoms with Gasteiger partial charge in [-0.1, -0.05) is 60.7 Å². The van der Waals surface area contributed by atoms with Gasteiger partial charge in [-0.05, 0) is 11.1 Å². The highest BCUT2D eigenvalue weighted by Crippen LogP contribution is 2.28. The first-order chi connectivity index (χ1) is 10.2. The molecule has 2 aromatic rings. The lowest BCUT2D eigenvalue weighted by Gasteiger charge is -2.17. The van der Waals surface area contributed by atoms with Crippen molar-refractivity contribution in [1.82, 2.24) is 5.48 Å². The van der Waals surface area contributed by atoms with Crippen LogP contribution < -0.4 is 5.48 Å². The molecule has 0 aliphatic carbocycles. The Hall–Kier alpha value is -1.98. The van der Waals surface area contributed by atoms with E-state index in [4.69, 9.17) is 0 Å². The Morgan fingerprint density at radius 1 is 1.05 bits per heavy atom. The average Bonchev–Trinajstić information content (AvgIpc) is 2.50. The summed E-state index contributed by atoms with van der Waals surface area (Å²) in [5, 5.41) is -0.338. The molecule has 0 bridgehead atoms. The van der Waals surface area contributed by atoms with Crippen LogP contribution in [0.2, 0.25) is 0 Å².